The van der Waals surface area contributed by atoms with Crippen LogP contribution in [0.3, 0.4) is 0 Å². The lowest BCUT2D eigenvalue weighted by atomic mass is 10.0. The zero-order chi connectivity index (χ0) is 13.7. The third kappa shape index (κ3) is 3.12. The summed E-state index contributed by atoms with van der Waals surface area (Å²) in [6.45, 7) is 2.99. The number of rotatable bonds is 6. The molecule has 2 N–H and O–H groups in total. The highest BCUT2D eigenvalue weighted by atomic mass is 16.5. The maximum atomic E-state index is 6.27. The Hall–Kier alpha value is -1.88. The van der Waals surface area contributed by atoms with Crippen molar-refractivity contribution in [1.29, 1.82) is 0 Å². The molecule has 5 heteroatoms. The van der Waals surface area contributed by atoms with Crippen molar-refractivity contribution in [1.82, 2.24) is 14.8 Å². The fraction of sp³-hybridized carbons (Fsp3) is 0.429. The third-order valence-electron chi connectivity index (χ3n) is 3.07. The molecule has 0 aliphatic heterocycles. The number of hydrogen-bond donors (Lipinski definition) is 1. The van der Waals surface area contributed by atoms with E-state index in [0.29, 0.717) is 6.42 Å². The standard InChI is InChI=1S/C14H20N4O/c1-3-8-18-14(16-10-17-18)9-12(15)11-6-4-5-7-13(11)19-2/h4-7,10,12H,3,8-9,15H2,1-2H3. The second-order valence-corrected chi connectivity index (χ2v) is 4.45. The Labute approximate surface area is 113 Å². The van der Waals surface area contributed by atoms with Crippen LogP contribution < -0.4 is 10.5 Å². The van der Waals surface area contributed by atoms with Crippen LogP contribution in [0.5, 0.6) is 5.75 Å². The first-order valence-electron chi connectivity index (χ1n) is 6.51. The van der Waals surface area contributed by atoms with Crippen LogP contribution >= 0.6 is 0 Å². The number of nitrogens with zero attached hydrogens (tertiary/aromatic N) is 3. The molecule has 1 atom stereocenters. The van der Waals surface area contributed by atoms with E-state index < -0.39 is 0 Å². The van der Waals surface area contributed by atoms with Crippen molar-refractivity contribution in [2.45, 2.75) is 32.4 Å². The number of aromatic nitrogens is 3. The fourth-order valence-electron chi connectivity index (χ4n) is 2.12. The summed E-state index contributed by atoms with van der Waals surface area (Å²) < 4.78 is 7.25. The monoisotopic (exact) mass is 260 g/mol. The highest BCUT2D eigenvalue weighted by Crippen LogP contribution is 2.25. The maximum absolute atomic E-state index is 6.27. The molecule has 0 radical (unpaired) electrons. The van der Waals surface area contributed by atoms with Gasteiger partial charge in [0.2, 0.25) is 0 Å². The van der Waals surface area contributed by atoms with Crippen LogP contribution in [0.4, 0.5) is 0 Å². The van der Waals surface area contributed by atoms with Gasteiger partial charge in [-0.3, -0.25) is 4.68 Å². The van der Waals surface area contributed by atoms with Crippen LogP contribution in [0.2, 0.25) is 0 Å². The molecule has 102 valence electrons. The Kier molecular flexibility index (Phi) is 4.52. The molecule has 0 aliphatic rings. The van der Waals surface area contributed by atoms with Crippen LogP contribution in [0, 0.1) is 0 Å². The van der Waals surface area contributed by atoms with Gasteiger partial charge in [-0.25, -0.2) is 4.98 Å². The van der Waals surface area contributed by atoms with Gasteiger partial charge in [0, 0.05) is 24.6 Å². The minimum atomic E-state index is -0.143. The average Bonchev–Trinajstić information content (AvgIpc) is 2.86. The van der Waals surface area contributed by atoms with Crippen LogP contribution in [-0.2, 0) is 13.0 Å². The molecule has 0 aliphatic carbocycles. The first kappa shape index (κ1) is 13.5. The normalized spacial score (nSPS) is 12.4. The maximum Gasteiger partial charge on any atom is 0.138 e. The zero-order valence-corrected chi connectivity index (χ0v) is 11.4. The molecule has 2 rings (SSSR count). The van der Waals surface area contributed by atoms with E-state index in [1.807, 2.05) is 28.9 Å². The highest BCUT2D eigenvalue weighted by molar-refractivity contribution is 5.36. The van der Waals surface area contributed by atoms with E-state index in [9.17, 15) is 0 Å². The van der Waals surface area contributed by atoms with E-state index in [1.165, 1.54) is 0 Å². The van der Waals surface area contributed by atoms with Crippen molar-refractivity contribution in [2.24, 2.45) is 5.73 Å². The van der Waals surface area contributed by atoms with Gasteiger partial charge in [0.1, 0.15) is 17.9 Å². The number of benzene rings is 1. The molecular formula is C14H20N4O. The SMILES string of the molecule is CCCn1ncnc1CC(N)c1ccccc1OC. The van der Waals surface area contributed by atoms with Gasteiger partial charge in [-0.2, -0.15) is 5.10 Å². The molecule has 1 aromatic carbocycles. The predicted molar refractivity (Wildman–Crippen MR) is 73.9 cm³/mol. The number of para-hydroxylation sites is 1. The Morgan fingerprint density at radius 3 is 2.89 bits per heavy atom. The second-order valence-electron chi connectivity index (χ2n) is 4.45. The summed E-state index contributed by atoms with van der Waals surface area (Å²) in [5, 5.41) is 4.21. The summed E-state index contributed by atoms with van der Waals surface area (Å²) in [5.41, 5.74) is 7.26. The molecule has 1 aromatic heterocycles. The van der Waals surface area contributed by atoms with E-state index >= 15 is 0 Å². The Bertz CT molecular complexity index is 524. The summed E-state index contributed by atoms with van der Waals surface area (Å²) in [5.74, 6) is 1.73. The fourth-order valence-corrected chi connectivity index (χ4v) is 2.12. The molecule has 19 heavy (non-hydrogen) atoms. The van der Waals surface area contributed by atoms with E-state index in [-0.39, 0.29) is 6.04 Å². The Morgan fingerprint density at radius 1 is 1.37 bits per heavy atom. The second kappa shape index (κ2) is 6.33. The molecule has 0 fully saturated rings. The van der Waals surface area contributed by atoms with E-state index in [0.717, 1.165) is 30.1 Å². The largest absolute Gasteiger partial charge is 0.496 e. The summed E-state index contributed by atoms with van der Waals surface area (Å²) in [6.07, 6.45) is 3.26. The lowest BCUT2D eigenvalue weighted by Gasteiger charge is -2.15. The van der Waals surface area contributed by atoms with Gasteiger partial charge in [-0.15, -0.1) is 0 Å². The Morgan fingerprint density at radius 2 is 2.16 bits per heavy atom. The average molecular weight is 260 g/mol. The minimum Gasteiger partial charge on any atom is -0.496 e. The lowest BCUT2D eigenvalue weighted by molar-refractivity contribution is 0.404. The van der Waals surface area contributed by atoms with Crippen molar-refractivity contribution in [3.8, 4) is 5.75 Å². The quantitative estimate of drug-likeness (QED) is 0.862. The molecule has 1 heterocycles. The molecule has 0 saturated heterocycles. The number of hydrogen-bond acceptors (Lipinski definition) is 4. The molecule has 0 spiro atoms. The first-order valence-corrected chi connectivity index (χ1v) is 6.51. The Balaban J connectivity index is 2.16. The van der Waals surface area contributed by atoms with Gasteiger partial charge < -0.3 is 10.5 Å². The van der Waals surface area contributed by atoms with Crippen LogP contribution in [0.25, 0.3) is 0 Å². The number of ether oxygens (including phenoxy) is 1. The summed E-state index contributed by atoms with van der Waals surface area (Å²) in [4.78, 5) is 4.29. The smallest absolute Gasteiger partial charge is 0.138 e. The molecule has 5 nitrogen and oxygen atoms in total. The number of nitrogens with two attached hydrogens (primary N) is 1. The minimum absolute atomic E-state index is 0.143. The van der Waals surface area contributed by atoms with Gasteiger partial charge in [0.25, 0.3) is 0 Å². The van der Waals surface area contributed by atoms with Crippen LogP contribution in [0.15, 0.2) is 30.6 Å². The van der Waals surface area contributed by atoms with Crippen molar-refractivity contribution in [2.75, 3.05) is 7.11 Å². The zero-order valence-electron chi connectivity index (χ0n) is 11.4. The first-order chi connectivity index (χ1) is 9.26. The number of aryl methyl sites for hydroxylation is 1. The summed E-state index contributed by atoms with van der Waals surface area (Å²) in [7, 11) is 1.66. The summed E-state index contributed by atoms with van der Waals surface area (Å²) in [6, 6.07) is 7.68. The molecular weight excluding hydrogens is 240 g/mol. The van der Waals surface area contributed by atoms with E-state index in [2.05, 4.69) is 17.0 Å². The number of methoxy groups -OCH3 is 1. The van der Waals surface area contributed by atoms with Crippen molar-refractivity contribution < 1.29 is 4.74 Å². The molecule has 1 unspecified atom stereocenters. The molecule has 0 saturated carbocycles. The predicted octanol–water partition coefficient (Wildman–Crippen LogP) is 1.94. The van der Waals surface area contributed by atoms with Gasteiger partial charge >= 0.3 is 0 Å². The van der Waals surface area contributed by atoms with Gasteiger partial charge in [-0.05, 0) is 12.5 Å². The topological polar surface area (TPSA) is 66.0 Å². The molecule has 0 bridgehead atoms. The van der Waals surface area contributed by atoms with Gasteiger partial charge in [0.15, 0.2) is 0 Å². The van der Waals surface area contributed by atoms with Crippen molar-refractivity contribution in [3.05, 3.63) is 42.0 Å². The molecule has 0 amide bonds. The summed E-state index contributed by atoms with van der Waals surface area (Å²) >= 11 is 0. The van der Waals surface area contributed by atoms with Crippen LogP contribution in [0.1, 0.15) is 30.8 Å². The van der Waals surface area contributed by atoms with Crippen molar-refractivity contribution in [3.63, 3.8) is 0 Å². The van der Waals surface area contributed by atoms with Gasteiger partial charge in [-0.1, -0.05) is 25.1 Å². The van der Waals surface area contributed by atoms with E-state index in [4.69, 9.17) is 10.5 Å². The lowest BCUT2D eigenvalue weighted by Crippen LogP contribution is -2.18. The molecule has 2 aromatic rings. The van der Waals surface area contributed by atoms with Crippen LogP contribution in [-0.4, -0.2) is 21.9 Å². The third-order valence-corrected chi connectivity index (χ3v) is 3.07. The van der Waals surface area contributed by atoms with E-state index in [1.54, 1.807) is 13.4 Å². The van der Waals surface area contributed by atoms with Gasteiger partial charge in [0.05, 0.1) is 7.11 Å². The highest BCUT2D eigenvalue weighted by Gasteiger charge is 2.15. The van der Waals surface area contributed by atoms with Crippen molar-refractivity contribution >= 4 is 0 Å².